The van der Waals surface area contributed by atoms with E-state index in [1.54, 1.807) is 53.5 Å². The van der Waals surface area contributed by atoms with Crippen molar-refractivity contribution in [2.75, 3.05) is 35.2 Å². The molecule has 1 aromatic carbocycles. The maximum absolute atomic E-state index is 13.0. The first-order valence-corrected chi connectivity index (χ1v) is 12.8. The molecule has 0 radical (unpaired) electrons. The largest absolute Gasteiger partial charge is 0.459 e. The number of anilines is 2. The van der Waals surface area contributed by atoms with Crippen molar-refractivity contribution in [3.63, 3.8) is 0 Å². The molecule has 2 N–H and O–H groups in total. The number of carbonyl (C=O) groups excluding carboxylic acids is 2. The Hall–Kier alpha value is -2.60. The number of benzene rings is 1. The summed E-state index contributed by atoms with van der Waals surface area (Å²) in [4.78, 5) is 25.0. The Morgan fingerprint density at radius 1 is 0.935 bits per heavy atom. The van der Waals surface area contributed by atoms with Crippen molar-refractivity contribution < 1.29 is 22.4 Å². The predicted molar refractivity (Wildman–Crippen MR) is 121 cm³/mol. The molecule has 0 spiro atoms. The molecule has 3 heterocycles. The van der Waals surface area contributed by atoms with Crippen molar-refractivity contribution in [1.82, 2.24) is 4.31 Å². The van der Waals surface area contributed by atoms with Crippen LogP contribution in [-0.4, -0.2) is 49.1 Å². The summed E-state index contributed by atoms with van der Waals surface area (Å²) in [5.74, 6) is 0.802. The number of rotatable bonds is 6. The third kappa shape index (κ3) is 4.85. The van der Waals surface area contributed by atoms with Gasteiger partial charge in [0.15, 0.2) is 5.76 Å². The second kappa shape index (κ2) is 9.27. The molecule has 3 aromatic rings. The summed E-state index contributed by atoms with van der Waals surface area (Å²) < 4.78 is 32.4. The van der Waals surface area contributed by atoms with Gasteiger partial charge in [-0.2, -0.15) is 16.1 Å². The molecule has 0 atom stereocenters. The quantitative estimate of drug-likeness (QED) is 0.562. The molecule has 0 bridgehead atoms. The highest BCUT2D eigenvalue weighted by atomic mass is 32.2. The maximum atomic E-state index is 13.0. The number of nitrogens with one attached hydrogen (secondary N) is 2. The topological polar surface area (TPSA) is 109 Å². The third-order valence-corrected chi connectivity index (χ3v) is 8.49. The average molecular weight is 478 g/mol. The van der Waals surface area contributed by atoms with Gasteiger partial charge >= 0.3 is 0 Å². The van der Waals surface area contributed by atoms with E-state index in [1.165, 1.54) is 16.6 Å². The Morgan fingerprint density at radius 3 is 2.19 bits per heavy atom. The number of furan rings is 1. The van der Waals surface area contributed by atoms with E-state index in [-0.39, 0.29) is 21.4 Å². The van der Waals surface area contributed by atoms with Gasteiger partial charge in [-0.3, -0.25) is 9.59 Å². The van der Waals surface area contributed by atoms with Crippen LogP contribution in [0.5, 0.6) is 0 Å². The van der Waals surface area contributed by atoms with E-state index in [9.17, 15) is 18.0 Å². The Kier molecular flexibility index (Phi) is 6.46. The Labute approximate surface area is 187 Å². The first-order valence-electron chi connectivity index (χ1n) is 9.37. The van der Waals surface area contributed by atoms with Gasteiger partial charge in [0.05, 0.1) is 6.26 Å². The lowest BCUT2D eigenvalue weighted by Gasteiger charge is -2.25. The summed E-state index contributed by atoms with van der Waals surface area (Å²) in [7, 11) is -3.72. The number of thioether (sulfide) groups is 1. The number of thiophene rings is 1. The third-order valence-electron chi connectivity index (χ3n) is 4.57. The van der Waals surface area contributed by atoms with E-state index in [2.05, 4.69) is 10.6 Å². The van der Waals surface area contributed by atoms with Crippen LogP contribution in [0.2, 0.25) is 0 Å². The maximum Gasteiger partial charge on any atom is 0.291 e. The fourth-order valence-electron chi connectivity index (χ4n) is 3.02. The molecule has 1 aliphatic heterocycles. The number of amides is 2. The fourth-order valence-corrected chi connectivity index (χ4v) is 6.89. The second-order valence-electron chi connectivity index (χ2n) is 6.59. The van der Waals surface area contributed by atoms with Gasteiger partial charge in [-0.25, -0.2) is 8.42 Å². The first kappa shape index (κ1) is 21.6. The summed E-state index contributed by atoms with van der Waals surface area (Å²) in [5, 5.41) is 7.01. The molecule has 4 rings (SSSR count). The lowest BCUT2D eigenvalue weighted by molar-refractivity contribution is 0.0994. The zero-order chi connectivity index (χ0) is 21.8. The molecular weight excluding hydrogens is 458 g/mol. The normalized spacial score (nSPS) is 14.8. The molecule has 31 heavy (non-hydrogen) atoms. The van der Waals surface area contributed by atoms with E-state index in [4.69, 9.17) is 4.42 Å². The summed E-state index contributed by atoms with van der Waals surface area (Å²) >= 11 is 2.80. The van der Waals surface area contributed by atoms with Gasteiger partial charge in [-0.15, -0.1) is 11.3 Å². The lowest BCUT2D eigenvalue weighted by atomic mass is 10.2. The number of nitrogens with zero attached hydrogens (tertiary/aromatic N) is 1. The van der Waals surface area contributed by atoms with E-state index in [0.717, 1.165) is 22.8 Å². The van der Waals surface area contributed by atoms with Crippen LogP contribution in [0.1, 0.15) is 20.2 Å². The first-order chi connectivity index (χ1) is 14.9. The van der Waals surface area contributed by atoms with Crippen LogP contribution in [0.4, 0.5) is 11.4 Å². The van der Waals surface area contributed by atoms with E-state index in [1.807, 2.05) is 0 Å². The second-order valence-corrected chi connectivity index (χ2v) is 10.6. The van der Waals surface area contributed by atoms with Crippen LogP contribution in [-0.2, 0) is 10.0 Å². The van der Waals surface area contributed by atoms with Crippen LogP contribution in [0.3, 0.4) is 0 Å². The van der Waals surface area contributed by atoms with Gasteiger partial charge in [0.1, 0.15) is 9.77 Å². The number of hydrogen-bond acceptors (Lipinski definition) is 7. The highest BCUT2D eigenvalue weighted by molar-refractivity contribution is 7.99. The summed E-state index contributed by atoms with van der Waals surface area (Å²) in [6, 6.07) is 11.2. The van der Waals surface area contributed by atoms with Gasteiger partial charge in [0, 0.05) is 36.0 Å². The monoisotopic (exact) mass is 477 g/mol. The van der Waals surface area contributed by atoms with Crippen molar-refractivity contribution >= 4 is 56.3 Å². The Balaban J connectivity index is 1.44. The van der Waals surface area contributed by atoms with Crippen LogP contribution < -0.4 is 10.6 Å². The van der Waals surface area contributed by atoms with E-state index >= 15 is 0 Å². The van der Waals surface area contributed by atoms with Crippen molar-refractivity contribution in [3.8, 4) is 0 Å². The average Bonchev–Trinajstić information content (AvgIpc) is 3.48. The highest BCUT2D eigenvalue weighted by Crippen LogP contribution is 2.28. The molecule has 162 valence electrons. The Bertz CT molecular complexity index is 1170. The predicted octanol–water partition coefficient (Wildman–Crippen LogP) is 3.58. The van der Waals surface area contributed by atoms with Gasteiger partial charge in [-0.1, -0.05) is 0 Å². The molecule has 0 unspecified atom stereocenters. The number of sulfonamides is 1. The SMILES string of the molecule is O=C(Nc1ccc(NC(=O)c2sccc2S(=O)(=O)N2CCSCC2)cc1)c1ccco1. The van der Waals surface area contributed by atoms with Crippen molar-refractivity contribution in [2.45, 2.75) is 4.90 Å². The molecular formula is C20H19N3O5S3. The van der Waals surface area contributed by atoms with Gasteiger partial charge in [-0.05, 0) is 47.8 Å². The van der Waals surface area contributed by atoms with Crippen LogP contribution in [0.15, 0.2) is 63.4 Å². The van der Waals surface area contributed by atoms with Crippen LogP contribution in [0.25, 0.3) is 0 Å². The molecule has 2 aromatic heterocycles. The zero-order valence-corrected chi connectivity index (χ0v) is 18.7. The van der Waals surface area contributed by atoms with Crippen LogP contribution in [0, 0.1) is 0 Å². The molecule has 1 saturated heterocycles. The van der Waals surface area contributed by atoms with Gasteiger partial charge in [0.25, 0.3) is 11.8 Å². The fraction of sp³-hybridized carbons (Fsp3) is 0.200. The van der Waals surface area contributed by atoms with Crippen molar-refractivity contribution in [2.24, 2.45) is 0 Å². The molecule has 11 heteroatoms. The highest BCUT2D eigenvalue weighted by Gasteiger charge is 2.31. The van der Waals surface area contributed by atoms with E-state index in [0.29, 0.717) is 24.5 Å². The lowest BCUT2D eigenvalue weighted by Crippen LogP contribution is -2.38. The smallest absolute Gasteiger partial charge is 0.291 e. The summed E-state index contributed by atoms with van der Waals surface area (Å²) in [6.45, 7) is 0.879. The van der Waals surface area contributed by atoms with Gasteiger partial charge in [0.2, 0.25) is 10.0 Å². The summed E-state index contributed by atoms with van der Waals surface area (Å²) in [5.41, 5.74) is 1.01. The van der Waals surface area contributed by atoms with Gasteiger partial charge < -0.3 is 15.1 Å². The molecule has 1 fully saturated rings. The van der Waals surface area contributed by atoms with Crippen LogP contribution >= 0.6 is 23.1 Å². The van der Waals surface area contributed by atoms with E-state index < -0.39 is 15.9 Å². The number of carbonyl (C=O) groups is 2. The molecule has 2 amide bonds. The number of hydrogen-bond donors (Lipinski definition) is 2. The Morgan fingerprint density at radius 2 is 1.58 bits per heavy atom. The standard InChI is InChI=1S/C20H19N3O5S3/c24-19(16-2-1-10-28-16)21-14-3-5-15(6-4-14)22-20(25)18-17(7-11-30-18)31(26,27)23-8-12-29-13-9-23/h1-7,10-11H,8-9,12-13H2,(H,21,24)(H,22,25). The molecule has 1 aliphatic rings. The summed E-state index contributed by atoms with van der Waals surface area (Å²) in [6.07, 6.45) is 1.41. The zero-order valence-electron chi connectivity index (χ0n) is 16.2. The minimum Gasteiger partial charge on any atom is -0.459 e. The van der Waals surface area contributed by atoms with Crippen molar-refractivity contribution in [1.29, 1.82) is 0 Å². The molecule has 0 aliphatic carbocycles. The molecule has 8 nitrogen and oxygen atoms in total. The minimum absolute atomic E-state index is 0.0317. The van der Waals surface area contributed by atoms with Crippen molar-refractivity contribution in [3.05, 3.63) is 64.7 Å². The molecule has 0 saturated carbocycles. The minimum atomic E-state index is -3.72.